The summed E-state index contributed by atoms with van der Waals surface area (Å²) in [7, 11) is -0.360. The van der Waals surface area contributed by atoms with Crippen molar-refractivity contribution in [1.82, 2.24) is 9.79 Å². The molecule has 1 atom stereocenters. The molecule has 1 N–H and O–H groups in total. The largest absolute Gasteiger partial charge is 0.437 e. The molecule has 3 nitrogen and oxygen atoms in total. The lowest BCUT2D eigenvalue weighted by Gasteiger charge is -2.37. The van der Waals surface area contributed by atoms with Crippen LogP contribution in [0.15, 0.2) is 54.7 Å². The van der Waals surface area contributed by atoms with E-state index in [0.717, 1.165) is 25.9 Å². The van der Waals surface area contributed by atoms with Crippen molar-refractivity contribution >= 4 is 18.7 Å². The Labute approximate surface area is 162 Å². The average molecular weight is 358 g/mol. The topological polar surface area (TPSA) is 36.4 Å². The zero-order chi connectivity index (χ0) is 18.8. The van der Waals surface area contributed by atoms with Gasteiger partial charge in [0.2, 0.25) is 0 Å². The van der Waals surface area contributed by atoms with Gasteiger partial charge in [-0.25, -0.2) is 0 Å². The summed E-state index contributed by atoms with van der Waals surface area (Å²) >= 11 is 0. The molecule has 0 spiro atoms. The van der Waals surface area contributed by atoms with E-state index in [2.05, 4.69) is 60.3 Å². The minimum Gasteiger partial charge on any atom is -0.437 e. The van der Waals surface area contributed by atoms with E-state index in [4.69, 9.17) is 4.98 Å². The first-order valence-electron chi connectivity index (χ1n) is 9.99. The van der Waals surface area contributed by atoms with E-state index in [1.54, 1.807) is 0 Å². The van der Waals surface area contributed by atoms with Gasteiger partial charge >= 0.3 is 7.05 Å². The van der Waals surface area contributed by atoms with E-state index >= 15 is 0 Å². The van der Waals surface area contributed by atoms with Crippen LogP contribution < -0.4 is 0 Å². The summed E-state index contributed by atoms with van der Waals surface area (Å²) in [6.45, 7) is 5.82. The first-order chi connectivity index (χ1) is 13.2. The fourth-order valence-electron chi connectivity index (χ4n) is 4.66. The summed E-state index contributed by atoms with van der Waals surface area (Å²) in [5.74, 6) is 0.834. The van der Waals surface area contributed by atoms with Crippen LogP contribution in [0.4, 0.5) is 0 Å². The zero-order valence-corrected chi connectivity index (χ0v) is 16.2. The minimum absolute atomic E-state index is 0.299. The monoisotopic (exact) mass is 358 g/mol. The van der Waals surface area contributed by atoms with Crippen LogP contribution >= 0.6 is 0 Å². The van der Waals surface area contributed by atoms with Crippen LogP contribution in [0.1, 0.15) is 48.1 Å². The van der Waals surface area contributed by atoms with Crippen LogP contribution in [0.3, 0.4) is 0 Å². The van der Waals surface area contributed by atoms with Crippen molar-refractivity contribution in [3.63, 3.8) is 0 Å². The standard InChI is InChI=1S/C23H27BN2O/c1-3-7-18-16-19-8-6-13-25-23(19)22(21-10-5-4-9-20(18)21)17-11-14-26(15-12-17)24(2)27/h3-10,13,16-17,22,27H,11-12,14-15H2,1-2H3. The average Bonchev–Trinajstić information content (AvgIpc) is 2.83. The van der Waals surface area contributed by atoms with Crippen molar-refractivity contribution in [2.24, 2.45) is 5.92 Å². The molecule has 1 unspecified atom stereocenters. The summed E-state index contributed by atoms with van der Waals surface area (Å²) in [5, 5.41) is 9.93. The molecule has 1 aromatic carbocycles. The van der Waals surface area contributed by atoms with Gasteiger partial charge in [-0.3, -0.25) is 4.98 Å². The van der Waals surface area contributed by atoms with Gasteiger partial charge in [0.15, 0.2) is 0 Å². The lowest BCUT2D eigenvalue weighted by molar-refractivity contribution is 0.235. The molecule has 4 rings (SSSR count). The Morgan fingerprint density at radius 1 is 1.15 bits per heavy atom. The molecule has 0 bridgehead atoms. The predicted molar refractivity (Wildman–Crippen MR) is 113 cm³/mol. The van der Waals surface area contributed by atoms with Crippen molar-refractivity contribution in [3.8, 4) is 0 Å². The fraction of sp³-hybridized carbons (Fsp3) is 0.348. The summed E-state index contributed by atoms with van der Waals surface area (Å²) in [5.41, 5.74) is 6.38. The van der Waals surface area contributed by atoms with Crippen LogP contribution in [0, 0.1) is 5.92 Å². The van der Waals surface area contributed by atoms with E-state index in [1.807, 2.05) is 19.1 Å². The fourth-order valence-corrected chi connectivity index (χ4v) is 4.66. The van der Waals surface area contributed by atoms with Gasteiger partial charge in [0.05, 0.1) is 5.69 Å². The number of hydrogen-bond acceptors (Lipinski definition) is 3. The Balaban J connectivity index is 1.80. The van der Waals surface area contributed by atoms with Crippen molar-refractivity contribution in [3.05, 3.63) is 77.1 Å². The molecule has 0 amide bonds. The maximum Gasteiger partial charge on any atom is 0.376 e. The van der Waals surface area contributed by atoms with Gasteiger partial charge < -0.3 is 9.83 Å². The van der Waals surface area contributed by atoms with Crippen molar-refractivity contribution < 1.29 is 5.02 Å². The zero-order valence-electron chi connectivity index (χ0n) is 16.2. The Morgan fingerprint density at radius 2 is 1.93 bits per heavy atom. The maximum atomic E-state index is 9.93. The number of hydrogen-bond donors (Lipinski definition) is 1. The number of nitrogens with zero attached hydrogens (tertiary/aromatic N) is 2. The first-order valence-corrected chi connectivity index (χ1v) is 9.99. The normalized spacial score (nSPS) is 20.7. The molecule has 1 aromatic heterocycles. The molecule has 4 heteroatoms. The van der Waals surface area contributed by atoms with E-state index in [1.165, 1.54) is 28.0 Å². The number of rotatable bonds is 3. The van der Waals surface area contributed by atoms with E-state index in [-0.39, 0.29) is 7.05 Å². The molecule has 27 heavy (non-hydrogen) atoms. The van der Waals surface area contributed by atoms with Crippen LogP contribution in [-0.2, 0) is 0 Å². The van der Waals surface area contributed by atoms with E-state index < -0.39 is 0 Å². The van der Waals surface area contributed by atoms with Gasteiger partial charge in [0, 0.05) is 12.1 Å². The highest BCUT2D eigenvalue weighted by molar-refractivity contribution is 6.45. The van der Waals surface area contributed by atoms with Gasteiger partial charge in [-0.15, -0.1) is 0 Å². The molecule has 0 saturated carbocycles. The Kier molecular flexibility index (Phi) is 5.28. The maximum absolute atomic E-state index is 9.93. The highest BCUT2D eigenvalue weighted by Gasteiger charge is 2.34. The molecule has 1 aliphatic carbocycles. The lowest BCUT2D eigenvalue weighted by Crippen LogP contribution is -2.44. The Bertz CT molecular complexity index is 866. The SMILES string of the molecule is CC=CC1=Cc2cccnc2C(C2CCN(B(C)O)CC2)c2ccccc21. The van der Waals surface area contributed by atoms with Crippen molar-refractivity contribution in [1.29, 1.82) is 0 Å². The van der Waals surface area contributed by atoms with Gasteiger partial charge in [0.1, 0.15) is 0 Å². The van der Waals surface area contributed by atoms with Crippen molar-refractivity contribution in [2.75, 3.05) is 13.1 Å². The third-order valence-corrected chi connectivity index (χ3v) is 6.00. The smallest absolute Gasteiger partial charge is 0.376 e. The number of pyridine rings is 1. The number of benzene rings is 1. The second-order valence-corrected chi connectivity index (χ2v) is 7.65. The molecule has 1 aliphatic heterocycles. The van der Waals surface area contributed by atoms with Crippen LogP contribution in [-0.4, -0.2) is 35.0 Å². The quantitative estimate of drug-likeness (QED) is 0.823. The summed E-state index contributed by atoms with van der Waals surface area (Å²) in [4.78, 5) is 7.02. The molecular weight excluding hydrogens is 331 g/mol. The van der Waals surface area contributed by atoms with Crippen LogP contribution in [0.25, 0.3) is 11.6 Å². The molecule has 2 aliphatic rings. The van der Waals surface area contributed by atoms with Crippen molar-refractivity contribution in [2.45, 2.75) is 32.5 Å². The number of allylic oxidation sites excluding steroid dienone is 3. The second kappa shape index (κ2) is 7.83. The summed E-state index contributed by atoms with van der Waals surface area (Å²) in [6.07, 6.45) is 10.7. The van der Waals surface area contributed by atoms with Gasteiger partial charge in [-0.2, -0.15) is 0 Å². The second-order valence-electron chi connectivity index (χ2n) is 7.65. The number of aromatic nitrogens is 1. The Hall–Kier alpha value is -2.17. The first kappa shape index (κ1) is 18.2. The van der Waals surface area contributed by atoms with Gasteiger partial charge in [-0.05, 0) is 80.0 Å². The van der Waals surface area contributed by atoms with Gasteiger partial charge in [0.25, 0.3) is 0 Å². The minimum atomic E-state index is -0.360. The predicted octanol–water partition coefficient (Wildman–Crippen LogP) is 4.47. The highest BCUT2D eigenvalue weighted by Crippen LogP contribution is 2.44. The molecule has 2 heterocycles. The molecule has 0 radical (unpaired) electrons. The summed E-state index contributed by atoms with van der Waals surface area (Å²) in [6, 6.07) is 13.0. The van der Waals surface area contributed by atoms with Crippen LogP contribution in [0.5, 0.6) is 0 Å². The lowest BCUT2D eigenvalue weighted by atomic mass is 9.73. The highest BCUT2D eigenvalue weighted by atomic mass is 16.2. The Morgan fingerprint density at radius 3 is 2.67 bits per heavy atom. The third-order valence-electron chi connectivity index (χ3n) is 6.00. The summed E-state index contributed by atoms with van der Waals surface area (Å²) < 4.78 is 0. The molecule has 138 valence electrons. The number of fused-ring (bicyclic) bond motifs is 2. The molecular formula is C23H27BN2O. The molecule has 1 saturated heterocycles. The molecule has 1 fully saturated rings. The third kappa shape index (κ3) is 3.52. The van der Waals surface area contributed by atoms with Crippen LogP contribution in [0.2, 0.25) is 6.82 Å². The van der Waals surface area contributed by atoms with Gasteiger partial charge in [-0.1, -0.05) is 42.5 Å². The van der Waals surface area contributed by atoms with E-state index in [9.17, 15) is 5.02 Å². The molecule has 2 aromatic rings. The number of piperidine rings is 1. The van der Waals surface area contributed by atoms with E-state index in [0.29, 0.717) is 11.8 Å².